The van der Waals surface area contributed by atoms with E-state index in [1.807, 2.05) is 36.4 Å². The van der Waals surface area contributed by atoms with E-state index in [0.29, 0.717) is 29.0 Å². The Bertz CT molecular complexity index is 1410. The summed E-state index contributed by atoms with van der Waals surface area (Å²) in [6, 6.07) is 25.2. The van der Waals surface area contributed by atoms with Crippen LogP contribution in [-0.2, 0) is 11.2 Å². The molecular weight excluding hydrogens is 412 g/mol. The van der Waals surface area contributed by atoms with Gasteiger partial charge in [-0.15, -0.1) is 0 Å². The second kappa shape index (κ2) is 7.34. The molecule has 1 N–H and O–H groups in total. The predicted octanol–water partition coefficient (Wildman–Crippen LogP) is 6.20. The SMILES string of the molecule is CC(C)[C@@]12Cc3ccccc3[C@@H]1N=C(c1cccc(Oc3ccc4cccc(O)c4n3)c1)O2. The van der Waals surface area contributed by atoms with Crippen molar-refractivity contribution in [2.24, 2.45) is 10.9 Å². The minimum absolute atomic E-state index is 0.00148. The molecule has 164 valence electrons. The molecule has 0 fully saturated rings. The van der Waals surface area contributed by atoms with E-state index in [2.05, 4.69) is 43.1 Å². The maximum atomic E-state index is 10.1. The van der Waals surface area contributed by atoms with Crippen LogP contribution in [0.2, 0.25) is 0 Å². The second-order valence-corrected chi connectivity index (χ2v) is 9.05. The first-order valence-corrected chi connectivity index (χ1v) is 11.3. The molecule has 2 atom stereocenters. The molecule has 0 saturated carbocycles. The maximum absolute atomic E-state index is 10.1. The Kier molecular flexibility index (Phi) is 4.40. The molecular formula is C28H24N2O3. The van der Waals surface area contributed by atoms with E-state index < -0.39 is 0 Å². The highest BCUT2D eigenvalue weighted by molar-refractivity contribution is 5.96. The Labute approximate surface area is 192 Å². The van der Waals surface area contributed by atoms with Gasteiger partial charge in [0.25, 0.3) is 0 Å². The van der Waals surface area contributed by atoms with Crippen LogP contribution >= 0.6 is 0 Å². The van der Waals surface area contributed by atoms with Crippen LogP contribution in [0.3, 0.4) is 0 Å². The average Bonchev–Trinajstić information content (AvgIpc) is 3.35. The van der Waals surface area contributed by atoms with Crippen molar-refractivity contribution in [3.63, 3.8) is 0 Å². The van der Waals surface area contributed by atoms with Gasteiger partial charge in [0, 0.05) is 23.4 Å². The van der Waals surface area contributed by atoms with Gasteiger partial charge in [0.1, 0.15) is 28.7 Å². The molecule has 33 heavy (non-hydrogen) atoms. The Balaban J connectivity index is 1.32. The molecule has 0 radical (unpaired) electrons. The summed E-state index contributed by atoms with van der Waals surface area (Å²) in [5.41, 5.74) is 3.62. The number of pyridine rings is 1. The number of phenolic OH excluding ortho intramolecular Hbond substituents is 1. The Morgan fingerprint density at radius 3 is 2.73 bits per heavy atom. The molecule has 5 nitrogen and oxygen atoms in total. The van der Waals surface area contributed by atoms with Gasteiger partial charge in [-0.25, -0.2) is 9.98 Å². The van der Waals surface area contributed by atoms with E-state index in [1.54, 1.807) is 18.2 Å². The van der Waals surface area contributed by atoms with E-state index in [0.717, 1.165) is 17.4 Å². The molecule has 0 bridgehead atoms. The zero-order valence-corrected chi connectivity index (χ0v) is 18.5. The lowest BCUT2D eigenvalue weighted by Gasteiger charge is -2.32. The Morgan fingerprint density at radius 2 is 1.85 bits per heavy atom. The van der Waals surface area contributed by atoms with Crippen LogP contribution in [0.1, 0.15) is 36.6 Å². The number of hydrogen-bond donors (Lipinski definition) is 1. The van der Waals surface area contributed by atoms with E-state index >= 15 is 0 Å². The topological polar surface area (TPSA) is 63.9 Å². The number of aromatic nitrogens is 1. The number of para-hydroxylation sites is 1. The summed E-state index contributed by atoms with van der Waals surface area (Å²) in [5, 5.41) is 11.0. The summed E-state index contributed by atoms with van der Waals surface area (Å²) < 4.78 is 12.7. The number of ether oxygens (including phenoxy) is 2. The zero-order valence-electron chi connectivity index (χ0n) is 18.5. The number of phenols is 1. The number of nitrogens with zero attached hydrogens (tertiary/aromatic N) is 2. The van der Waals surface area contributed by atoms with E-state index in [9.17, 15) is 5.11 Å². The summed E-state index contributed by atoms with van der Waals surface area (Å²) in [7, 11) is 0. The van der Waals surface area contributed by atoms with Crippen LogP contribution in [0, 0.1) is 5.92 Å². The molecule has 1 aliphatic heterocycles. The van der Waals surface area contributed by atoms with Crippen molar-refractivity contribution in [1.29, 1.82) is 0 Å². The van der Waals surface area contributed by atoms with Crippen molar-refractivity contribution in [2.45, 2.75) is 31.9 Å². The van der Waals surface area contributed by atoms with Crippen LogP contribution in [0.5, 0.6) is 17.4 Å². The molecule has 5 heteroatoms. The van der Waals surface area contributed by atoms with Gasteiger partial charge in [0.2, 0.25) is 11.8 Å². The lowest BCUT2D eigenvalue weighted by molar-refractivity contribution is 0.0203. The van der Waals surface area contributed by atoms with E-state index in [1.165, 1.54) is 11.1 Å². The third-order valence-electron chi connectivity index (χ3n) is 6.77. The van der Waals surface area contributed by atoms with Crippen molar-refractivity contribution in [2.75, 3.05) is 0 Å². The van der Waals surface area contributed by atoms with Gasteiger partial charge in [-0.05, 0) is 47.4 Å². The predicted molar refractivity (Wildman–Crippen MR) is 128 cm³/mol. The molecule has 2 heterocycles. The van der Waals surface area contributed by atoms with Gasteiger partial charge in [-0.2, -0.15) is 0 Å². The minimum Gasteiger partial charge on any atom is -0.506 e. The lowest BCUT2D eigenvalue weighted by atomic mass is 9.84. The van der Waals surface area contributed by atoms with Gasteiger partial charge in [-0.3, -0.25) is 0 Å². The van der Waals surface area contributed by atoms with Crippen molar-refractivity contribution in [1.82, 2.24) is 4.98 Å². The van der Waals surface area contributed by atoms with Gasteiger partial charge < -0.3 is 14.6 Å². The zero-order chi connectivity index (χ0) is 22.6. The summed E-state index contributed by atoms with van der Waals surface area (Å²) in [6.07, 6.45) is 0.860. The molecule has 0 spiro atoms. The van der Waals surface area contributed by atoms with Crippen molar-refractivity contribution in [3.8, 4) is 17.4 Å². The number of fused-ring (bicyclic) bond motifs is 4. The highest BCUT2D eigenvalue weighted by Gasteiger charge is 2.54. The van der Waals surface area contributed by atoms with Crippen LogP contribution in [0.15, 0.2) is 83.9 Å². The first-order valence-electron chi connectivity index (χ1n) is 11.3. The first kappa shape index (κ1) is 19.8. The quantitative estimate of drug-likeness (QED) is 0.414. The number of aliphatic imine (C=N–C) groups is 1. The maximum Gasteiger partial charge on any atom is 0.219 e. The standard InChI is InChI=1S/C28H24N2O3/c1-17(2)28-16-20-7-3-4-11-22(20)26(28)30-27(33-28)19-9-5-10-21(15-19)32-24-14-13-18-8-6-12-23(31)25(18)29-24/h3-15,17,26,31H,16H2,1-2H3/t26-,28-/m0/s1. The summed E-state index contributed by atoms with van der Waals surface area (Å²) in [5.74, 6) is 2.14. The fraction of sp³-hybridized carbons (Fsp3) is 0.214. The van der Waals surface area contributed by atoms with Gasteiger partial charge in [0.05, 0.1) is 0 Å². The monoisotopic (exact) mass is 436 g/mol. The molecule has 1 aliphatic carbocycles. The summed E-state index contributed by atoms with van der Waals surface area (Å²) >= 11 is 0. The largest absolute Gasteiger partial charge is 0.506 e. The third-order valence-corrected chi connectivity index (χ3v) is 6.77. The fourth-order valence-electron chi connectivity index (χ4n) is 4.97. The average molecular weight is 437 g/mol. The molecule has 3 aromatic carbocycles. The third kappa shape index (κ3) is 3.15. The molecule has 2 aliphatic rings. The van der Waals surface area contributed by atoms with Gasteiger partial charge in [0.15, 0.2) is 0 Å². The van der Waals surface area contributed by atoms with Crippen molar-refractivity contribution < 1.29 is 14.6 Å². The molecule has 1 aromatic heterocycles. The smallest absolute Gasteiger partial charge is 0.219 e. The van der Waals surface area contributed by atoms with Crippen molar-refractivity contribution >= 4 is 16.8 Å². The fourth-order valence-corrected chi connectivity index (χ4v) is 4.97. The highest BCUT2D eigenvalue weighted by Crippen LogP contribution is 2.52. The van der Waals surface area contributed by atoms with Crippen LogP contribution in [-0.4, -0.2) is 21.6 Å². The number of aromatic hydroxyl groups is 1. The van der Waals surface area contributed by atoms with Crippen LogP contribution < -0.4 is 4.74 Å². The molecule has 6 rings (SSSR count). The summed E-state index contributed by atoms with van der Waals surface area (Å²) in [6.45, 7) is 4.41. The van der Waals surface area contributed by atoms with Crippen molar-refractivity contribution in [3.05, 3.63) is 95.6 Å². The van der Waals surface area contributed by atoms with Crippen LogP contribution in [0.25, 0.3) is 10.9 Å². The normalized spacial score (nSPS) is 20.9. The number of benzene rings is 3. The Hall–Kier alpha value is -3.86. The van der Waals surface area contributed by atoms with Gasteiger partial charge >= 0.3 is 0 Å². The number of hydrogen-bond acceptors (Lipinski definition) is 5. The van der Waals surface area contributed by atoms with E-state index in [-0.39, 0.29) is 17.4 Å². The van der Waals surface area contributed by atoms with E-state index in [4.69, 9.17) is 14.5 Å². The lowest BCUT2D eigenvalue weighted by Crippen LogP contribution is -2.39. The summed E-state index contributed by atoms with van der Waals surface area (Å²) in [4.78, 5) is 9.52. The van der Waals surface area contributed by atoms with Crippen LogP contribution in [0.4, 0.5) is 0 Å². The first-order chi connectivity index (χ1) is 16.0. The molecule has 0 amide bonds. The molecule has 0 unspecified atom stereocenters. The number of rotatable bonds is 4. The second-order valence-electron chi connectivity index (χ2n) is 9.05. The highest BCUT2D eigenvalue weighted by atomic mass is 16.5. The van der Waals surface area contributed by atoms with Gasteiger partial charge in [-0.1, -0.05) is 56.3 Å². The Morgan fingerprint density at radius 1 is 1.00 bits per heavy atom. The molecule has 0 saturated heterocycles. The molecule has 4 aromatic rings. The minimum atomic E-state index is -0.354.